The van der Waals surface area contributed by atoms with Crippen molar-refractivity contribution in [3.63, 3.8) is 0 Å². The monoisotopic (exact) mass is 245 g/mol. The molecule has 0 heterocycles. The predicted molar refractivity (Wildman–Crippen MR) is 64.7 cm³/mol. The number of nitrogens with one attached hydrogen (secondary N) is 1. The molecule has 0 spiro atoms. The third kappa shape index (κ3) is 6.94. The van der Waals surface area contributed by atoms with Crippen LogP contribution in [0.2, 0.25) is 0 Å². The van der Waals surface area contributed by atoms with E-state index >= 15 is 0 Å². The Morgan fingerprint density at radius 1 is 1.35 bits per heavy atom. The van der Waals surface area contributed by atoms with Crippen LogP contribution in [0.3, 0.4) is 0 Å². The lowest BCUT2D eigenvalue weighted by Gasteiger charge is -2.20. The average Bonchev–Trinajstić information content (AvgIpc) is 2.30. The second-order valence-electron chi connectivity index (χ2n) is 4.07. The summed E-state index contributed by atoms with van der Waals surface area (Å²) in [6.07, 6.45) is 1.64. The van der Waals surface area contributed by atoms with E-state index in [2.05, 4.69) is 5.32 Å². The molecule has 2 N–H and O–H groups in total. The Labute approximate surface area is 103 Å². The van der Waals surface area contributed by atoms with E-state index in [1.54, 1.807) is 0 Å². The number of carboxylic acids is 1. The van der Waals surface area contributed by atoms with Crippen LogP contribution in [0.25, 0.3) is 0 Å². The standard InChI is InChI=1S/C12H23NO4/c1-4-9(3)11(12(15)16)13-10(14)7-6-8-17-5-2/h9,11H,4-8H2,1-3H3,(H,13,14)(H,15,16)/t9-,11-/m0/s1. The molecule has 0 bridgehead atoms. The first-order valence-electron chi connectivity index (χ1n) is 6.12. The third-order valence-electron chi connectivity index (χ3n) is 2.69. The van der Waals surface area contributed by atoms with Crippen molar-refractivity contribution in [2.24, 2.45) is 5.92 Å². The van der Waals surface area contributed by atoms with Gasteiger partial charge in [-0.1, -0.05) is 20.3 Å². The van der Waals surface area contributed by atoms with Crippen LogP contribution in [0.1, 0.15) is 40.0 Å². The number of hydrogen-bond donors (Lipinski definition) is 2. The largest absolute Gasteiger partial charge is 0.480 e. The van der Waals surface area contributed by atoms with Gasteiger partial charge in [-0.25, -0.2) is 4.79 Å². The molecule has 0 aliphatic carbocycles. The number of aliphatic carboxylic acids is 1. The van der Waals surface area contributed by atoms with Gasteiger partial charge in [0.1, 0.15) is 6.04 Å². The van der Waals surface area contributed by atoms with E-state index < -0.39 is 12.0 Å². The molecule has 17 heavy (non-hydrogen) atoms. The Balaban J connectivity index is 4.00. The van der Waals surface area contributed by atoms with E-state index in [1.165, 1.54) is 0 Å². The summed E-state index contributed by atoms with van der Waals surface area (Å²) in [4.78, 5) is 22.5. The zero-order chi connectivity index (χ0) is 13.3. The summed E-state index contributed by atoms with van der Waals surface area (Å²) in [5.41, 5.74) is 0. The molecule has 0 aromatic rings. The van der Waals surface area contributed by atoms with Crippen LogP contribution in [-0.4, -0.2) is 36.2 Å². The molecule has 0 radical (unpaired) electrons. The Kier molecular flexibility index (Phi) is 8.40. The normalized spacial score (nSPS) is 14.1. The second-order valence-corrected chi connectivity index (χ2v) is 4.07. The Bertz CT molecular complexity index is 243. The fourth-order valence-electron chi connectivity index (χ4n) is 1.41. The molecule has 0 aromatic carbocycles. The molecule has 0 fully saturated rings. The van der Waals surface area contributed by atoms with Gasteiger partial charge in [-0.2, -0.15) is 0 Å². The number of carbonyl (C=O) groups excluding carboxylic acids is 1. The zero-order valence-electron chi connectivity index (χ0n) is 10.9. The number of hydrogen-bond acceptors (Lipinski definition) is 3. The van der Waals surface area contributed by atoms with Crippen molar-refractivity contribution in [2.75, 3.05) is 13.2 Å². The van der Waals surface area contributed by atoms with E-state index in [1.807, 2.05) is 20.8 Å². The molecule has 0 aromatic heterocycles. The Morgan fingerprint density at radius 3 is 2.47 bits per heavy atom. The smallest absolute Gasteiger partial charge is 0.326 e. The highest BCUT2D eigenvalue weighted by Gasteiger charge is 2.24. The molecule has 5 nitrogen and oxygen atoms in total. The van der Waals surface area contributed by atoms with Gasteiger partial charge in [0.05, 0.1) is 0 Å². The van der Waals surface area contributed by atoms with E-state index in [0.717, 1.165) is 6.42 Å². The Morgan fingerprint density at radius 2 is 2.00 bits per heavy atom. The average molecular weight is 245 g/mol. The lowest BCUT2D eigenvalue weighted by atomic mass is 9.99. The second kappa shape index (κ2) is 8.98. The summed E-state index contributed by atoms with van der Waals surface area (Å²) >= 11 is 0. The van der Waals surface area contributed by atoms with Crippen molar-refractivity contribution < 1.29 is 19.4 Å². The molecular weight excluding hydrogens is 222 g/mol. The van der Waals surface area contributed by atoms with E-state index in [-0.39, 0.29) is 11.8 Å². The SMILES string of the molecule is CCOCCCC(=O)N[C@H](C(=O)O)[C@@H](C)CC. The zero-order valence-corrected chi connectivity index (χ0v) is 10.9. The van der Waals surface area contributed by atoms with Crippen molar-refractivity contribution >= 4 is 11.9 Å². The molecule has 0 rings (SSSR count). The van der Waals surface area contributed by atoms with E-state index in [4.69, 9.17) is 9.84 Å². The minimum Gasteiger partial charge on any atom is -0.480 e. The first kappa shape index (κ1) is 15.9. The van der Waals surface area contributed by atoms with Crippen molar-refractivity contribution in [3.8, 4) is 0 Å². The predicted octanol–water partition coefficient (Wildman–Crippen LogP) is 1.42. The van der Waals surface area contributed by atoms with Crippen LogP contribution in [0, 0.1) is 5.92 Å². The summed E-state index contributed by atoms with van der Waals surface area (Å²) in [5, 5.41) is 11.5. The summed E-state index contributed by atoms with van der Waals surface area (Å²) < 4.78 is 5.11. The van der Waals surface area contributed by atoms with Gasteiger partial charge in [-0.15, -0.1) is 0 Å². The highest BCUT2D eigenvalue weighted by atomic mass is 16.5. The maximum absolute atomic E-state index is 11.5. The van der Waals surface area contributed by atoms with Crippen LogP contribution in [-0.2, 0) is 14.3 Å². The fraction of sp³-hybridized carbons (Fsp3) is 0.833. The van der Waals surface area contributed by atoms with Gasteiger partial charge < -0.3 is 15.2 Å². The highest BCUT2D eigenvalue weighted by Crippen LogP contribution is 2.08. The highest BCUT2D eigenvalue weighted by molar-refractivity contribution is 5.83. The molecule has 100 valence electrons. The lowest BCUT2D eigenvalue weighted by Crippen LogP contribution is -2.45. The van der Waals surface area contributed by atoms with Gasteiger partial charge in [0.2, 0.25) is 5.91 Å². The van der Waals surface area contributed by atoms with Crippen molar-refractivity contribution in [2.45, 2.75) is 46.1 Å². The molecule has 0 unspecified atom stereocenters. The van der Waals surface area contributed by atoms with Crippen molar-refractivity contribution in [1.82, 2.24) is 5.32 Å². The fourth-order valence-corrected chi connectivity index (χ4v) is 1.41. The number of amides is 1. The van der Waals surface area contributed by atoms with Gasteiger partial charge in [0.25, 0.3) is 0 Å². The van der Waals surface area contributed by atoms with Crippen LogP contribution in [0.4, 0.5) is 0 Å². The van der Waals surface area contributed by atoms with Gasteiger partial charge in [-0.05, 0) is 19.3 Å². The molecule has 0 saturated carbocycles. The van der Waals surface area contributed by atoms with Gasteiger partial charge >= 0.3 is 5.97 Å². The van der Waals surface area contributed by atoms with Crippen LogP contribution >= 0.6 is 0 Å². The minimum atomic E-state index is -0.975. The van der Waals surface area contributed by atoms with Crippen LogP contribution in [0.5, 0.6) is 0 Å². The van der Waals surface area contributed by atoms with Crippen LogP contribution < -0.4 is 5.32 Å². The molecule has 1 amide bonds. The molecule has 0 aliphatic heterocycles. The maximum atomic E-state index is 11.5. The van der Waals surface area contributed by atoms with Crippen molar-refractivity contribution in [1.29, 1.82) is 0 Å². The quantitative estimate of drug-likeness (QED) is 0.602. The first-order chi connectivity index (χ1) is 8.02. The summed E-state index contributed by atoms with van der Waals surface area (Å²) in [6.45, 7) is 6.78. The maximum Gasteiger partial charge on any atom is 0.326 e. The van der Waals surface area contributed by atoms with Gasteiger partial charge in [0.15, 0.2) is 0 Å². The van der Waals surface area contributed by atoms with Gasteiger partial charge in [0, 0.05) is 19.6 Å². The Hall–Kier alpha value is -1.10. The number of ether oxygens (including phenoxy) is 1. The van der Waals surface area contributed by atoms with E-state index in [0.29, 0.717) is 26.1 Å². The molecule has 0 saturated heterocycles. The molecule has 5 heteroatoms. The van der Waals surface area contributed by atoms with E-state index in [9.17, 15) is 9.59 Å². The molecule has 0 aliphatic rings. The third-order valence-corrected chi connectivity index (χ3v) is 2.69. The summed E-state index contributed by atoms with van der Waals surface area (Å²) in [5.74, 6) is -1.27. The number of carbonyl (C=O) groups is 2. The van der Waals surface area contributed by atoms with Crippen molar-refractivity contribution in [3.05, 3.63) is 0 Å². The number of rotatable bonds is 9. The topological polar surface area (TPSA) is 75.6 Å². The van der Waals surface area contributed by atoms with Gasteiger partial charge in [-0.3, -0.25) is 4.79 Å². The minimum absolute atomic E-state index is 0.0664. The first-order valence-corrected chi connectivity index (χ1v) is 6.12. The lowest BCUT2D eigenvalue weighted by molar-refractivity contribution is -0.143. The summed E-state index contributed by atoms with van der Waals surface area (Å²) in [7, 11) is 0. The van der Waals surface area contributed by atoms with Crippen LogP contribution in [0.15, 0.2) is 0 Å². The molecule has 2 atom stereocenters. The molecular formula is C12H23NO4. The summed E-state index contributed by atoms with van der Waals surface area (Å²) in [6, 6.07) is -0.792. The number of carboxylic acid groups (broad SMARTS) is 1.